The van der Waals surface area contributed by atoms with E-state index in [1.807, 2.05) is 0 Å². The second-order valence-corrected chi connectivity index (χ2v) is 25.6. The first kappa shape index (κ1) is 94.1. The molecule has 1 aliphatic rings. The van der Waals surface area contributed by atoms with Gasteiger partial charge in [-0.25, -0.2) is 0 Å². The molecule has 0 unspecified atom stereocenters. The fraction of sp³-hybridized carbons (Fsp3) is 0.694. The summed E-state index contributed by atoms with van der Waals surface area (Å²) in [4.78, 5) is 205. The molecule has 0 spiro atoms. The van der Waals surface area contributed by atoms with Crippen LogP contribution in [-0.2, 0) is 62.3 Å². The summed E-state index contributed by atoms with van der Waals surface area (Å²) in [5.41, 5.74) is 77.8. The molecule has 0 aromatic rings. The van der Waals surface area contributed by atoms with Crippen LogP contribution in [0.1, 0.15) is 155 Å². The van der Waals surface area contributed by atoms with E-state index >= 15 is 4.79 Å². The number of rotatable bonds is 38. The fourth-order valence-electron chi connectivity index (χ4n) is 10.4. The van der Waals surface area contributed by atoms with E-state index in [-0.39, 0.29) is 203 Å². The van der Waals surface area contributed by atoms with Gasteiger partial charge in [0.25, 0.3) is 0 Å². The van der Waals surface area contributed by atoms with Gasteiger partial charge in [-0.05, 0) is 116 Å². The maximum atomic E-state index is 15.3. The van der Waals surface area contributed by atoms with Crippen molar-refractivity contribution in [3.05, 3.63) is 0 Å². The average Bonchev–Trinajstić information content (AvgIpc) is 0.865. The SMILES string of the molecule is C[C@@H]1NC(=O)[C@H](CCC(N)=O)NC(=O)[C@H](CCCN=C(N)N)NC(=O)CCCCCC(=O)NCCCCCCN(CC(=O)N[C@@H](CCCN=C(N)N)C(=O)N[C@@H](CCCN=C(N)N)C(=O)N[C@@H](CCCN=C(N)N)C(=O)N[C@@H](CS)C(N)=O)C(=O)[C@H](CCCN=C(N)N)NC(=O)[C@H](CCCN=C(N)N)NC1=O. The maximum Gasteiger partial charge on any atom is 0.245 e. The second kappa shape index (κ2) is 53.8. The fourth-order valence-corrected chi connectivity index (χ4v) is 10.7. The summed E-state index contributed by atoms with van der Waals surface area (Å²) >= 11 is 4.10. The summed E-state index contributed by atoms with van der Waals surface area (Å²) in [5.74, 6) is -12.5. The number of nitrogens with zero attached hydrogens (tertiary/aromatic N) is 7. The van der Waals surface area contributed by atoms with Gasteiger partial charge in [0.2, 0.25) is 76.8 Å². The molecule has 0 aromatic carbocycles. The van der Waals surface area contributed by atoms with Crippen LogP contribution in [0.5, 0.6) is 0 Å². The summed E-state index contributed by atoms with van der Waals surface area (Å²) in [5, 5.41) is 26.3. The Balaban J connectivity index is 4.11. The molecule has 1 aliphatic heterocycles. The predicted molar refractivity (Wildman–Crippen MR) is 405 cm³/mol. The molecule has 0 radical (unpaired) electrons. The molecule has 0 aliphatic carbocycles. The van der Waals surface area contributed by atoms with Gasteiger partial charge in [-0.2, -0.15) is 12.6 Å². The maximum absolute atomic E-state index is 15.3. The van der Waals surface area contributed by atoms with Crippen LogP contribution in [0.25, 0.3) is 0 Å². The van der Waals surface area contributed by atoms with E-state index in [9.17, 15) is 57.5 Å². The molecule has 9 atom stereocenters. The lowest BCUT2D eigenvalue weighted by Crippen LogP contribution is -2.59. The molecule has 1 heterocycles. The Kier molecular flexibility index (Phi) is 47.3. The Labute approximate surface area is 627 Å². The Bertz CT molecular complexity index is 3080. The van der Waals surface area contributed by atoms with E-state index in [1.54, 1.807) is 0 Å². The van der Waals surface area contributed by atoms with Crippen molar-refractivity contribution in [2.24, 2.45) is 110 Å². The minimum absolute atomic E-state index is 0.0116. The smallest absolute Gasteiger partial charge is 0.245 e. The van der Waals surface area contributed by atoms with Gasteiger partial charge in [-0.1, -0.05) is 19.3 Å². The molecule has 13 amide bonds. The lowest BCUT2D eigenvalue weighted by molar-refractivity contribution is -0.141. The van der Waals surface area contributed by atoms with E-state index in [1.165, 1.54) is 6.92 Å². The molecule has 0 bridgehead atoms. The van der Waals surface area contributed by atoms with Gasteiger partial charge in [0.1, 0.15) is 54.4 Å². The van der Waals surface area contributed by atoms with Gasteiger partial charge in [-0.15, -0.1) is 0 Å². The highest BCUT2D eigenvalue weighted by atomic mass is 32.1. The first-order chi connectivity index (χ1) is 50.6. The molecular formula is C62H117N31O13S. The summed E-state index contributed by atoms with van der Waals surface area (Å²) in [7, 11) is 0. The second-order valence-electron chi connectivity index (χ2n) is 25.2. The minimum atomic E-state index is -1.53. The highest BCUT2D eigenvalue weighted by Crippen LogP contribution is 2.14. The zero-order valence-electron chi connectivity index (χ0n) is 61.0. The number of hydrogen-bond donors (Lipinski definition) is 25. The molecular weight excluding hydrogens is 1420 g/mol. The van der Waals surface area contributed by atoms with Crippen LogP contribution < -0.4 is 133 Å². The monoisotopic (exact) mass is 1540 g/mol. The van der Waals surface area contributed by atoms with Crippen molar-refractivity contribution in [2.75, 3.05) is 64.7 Å². The van der Waals surface area contributed by atoms with Crippen molar-refractivity contribution in [3.8, 4) is 0 Å². The summed E-state index contributed by atoms with van der Waals surface area (Å²) in [6.07, 6.45) is 1.83. The average molecular weight is 1540 g/mol. The van der Waals surface area contributed by atoms with Gasteiger partial charge in [0, 0.05) is 77.4 Å². The number of nitrogens with one attached hydrogen (secondary N) is 10. The van der Waals surface area contributed by atoms with E-state index in [2.05, 4.69) is 95.8 Å². The number of guanidine groups is 6. The van der Waals surface area contributed by atoms with E-state index < -0.39 is 138 Å². The topological polar surface area (TPSA) is 784 Å². The van der Waals surface area contributed by atoms with Gasteiger partial charge < -0.3 is 138 Å². The number of amides is 13. The third-order valence-corrected chi connectivity index (χ3v) is 16.4. The molecule has 604 valence electrons. The highest BCUT2D eigenvalue weighted by molar-refractivity contribution is 7.80. The standard InChI is InChI=1S/C62H117N31O13S/c1-35-49(99)87-38(17-11-28-80-59(69)70)54(104)91-42(20-14-31-83-62(75)76)56(106)93(32-8-3-2-7-25-77-45(95)21-5-4-6-22-46(96)85-36(15-9-26-78-57(65)66)51(101)90-41(50(100)84-35)23-24-44(63)94)33-47(97)86-37(16-10-27-79-58(67)68)52(102)88-39(18-12-29-81-60(71)72)53(103)89-40(19-13-30-82-61(73)74)55(105)92-43(34-107)48(64)98/h35-43,107H,2-34H2,1H3,(H2,63,94)(H2,64,98)(H,77,95)(H,84,100)(H,85,96)(H,86,97)(H,87,99)(H,88,102)(H,89,103)(H,90,101)(H,91,104)(H,92,105)(H4,65,66,78)(H4,67,68,79)(H4,69,70,80)(H4,71,72,81)(H4,73,74,82)(H4,75,76,83)/t35-,36-,37-,38-,39-,40-,41-,42-,43-/m0/s1. The quantitative estimate of drug-likeness (QED) is 0.0118. The number of hydrogen-bond acceptors (Lipinski definition) is 20. The van der Waals surface area contributed by atoms with Crippen LogP contribution in [0.4, 0.5) is 0 Å². The van der Waals surface area contributed by atoms with Crippen molar-refractivity contribution >= 4 is 125 Å². The molecule has 38 N–H and O–H groups in total. The van der Waals surface area contributed by atoms with Gasteiger partial charge >= 0.3 is 0 Å². The number of carbonyl (C=O) groups is 13. The number of aliphatic imine (C=N–C) groups is 6. The molecule has 107 heavy (non-hydrogen) atoms. The third kappa shape index (κ3) is 44.5. The Morgan fingerprint density at radius 1 is 0.430 bits per heavy atom. The molecule has 0 saturated carbocycles. The molecule has 45 heteroatoms. The number of nitrogens with two attached hydrogens (primary N) is 14. The summed E-state index contributed by atoms with van der Waals surface area (Å²) < 4.78 is 0. The van der Waals surface area contributed by atoms with Gasteiger partial charge in [-0.3, -0.25) is 92.3 Å². The molecule has 0 aromatic heterocycles. The summed E-state index contributed by atoms with van der Waals surface area (Å²) in [6, 6.07) is -12.9. The first-order valence-corrected chi connectivity index (χ1v) is 36.0. The first-order valence-electron chi connectivity index (χ1n) is 35.4. The van der Waals surface area contributed by atoms with Crippen LogP contribution in [0.3, 0.4) is 0 Å². The third-order valence-electron chi connectivity index (χ3n) is 16.0. The Hall–Kier alpha value is -10.9. The lowest BCUT2D eigenvalue weighted by Gasteiger charge is -2.30. The minimum Gasteiger partial charge on any atom is -0.370 e. The highest BCUT2D eigenvalue weighted by Gasteiger charge is 2.36. The normalized spacial score (nSPS) is 18.9. The lowest BCUT2D eigenvalue weighted by atomic mass is 10.0. The van der Waals surface area contributed by atoms with E-state index in [0.29, 0.717) is 38.5 Å². The zero-order chi connectivity index (χ0) is 80.4. The van der Waals surface area contributed by atoms with Crippen LogP contribution in [0.15, 0.2) is 30.0 Å². The van der Waals surface area contributed by atoms with Crippen LogP contribution in [-0.4, -0.2) is 236 Å². The largest absolute Gasteiger partial charge is 0.370 e. The van der Waals surface area contributed by atoms with Gasteiger partial charge in [0.05, 0.1) is 6.54 Å². The Morgan fingerprint density at radius 2 is 0.794 bits per heavy atom. The van der Waals surface area contributed by atoms with Crippen molar-refractivity contribution < 1.29 is 62.3 Å². The predicted octanol–water partition coefficient (Wildman–Crippen LogP) is -10.2. The van der Waals surface area contributed by atoms with Crippen molar-refractivity contribution in [3.63, 3.8) is 0 Å². The zero-order valence-corrected chi connectivity index (χ0v) is 61.9. The number of carbonyl (C=O) groups excluding carboxylic acids is 13. The van der Waals surface area contributed by atoms with Crippen molar-refractivity contribution in [2.45, 2.75) is 209 Å². The molecule has 1 rings (SSSR count). The Morgan fingerprint density at radius 3 is 1.23 bits per heavy atom. The van der Waals surface area contributed by atoms with Crippen LogP contribution in [0, 0.1) is 0 Å². The van der Waals surface area contributed by atoms with E-state index in [0.717, 1.165) is 4.90 Å². The van der Waals surface area contributed by atoms with Gasteiger partial charge in [0.15, 0.2) is 35.8 Å². The van der Waals surface area contributed by atoms with E-state index in [4.69, 9.17) is 80.3 Å². The van der Waals surface area contributed by atoms with Crippen molar-refractivity contribution in [1.82, 2.24) is 58.1 Å². The molecule has 1 fully saturated rings. The number of thiol groups is 1. The number of primary amides is 2. The van der Waals surface area contributed by atoms with Crippen LogP contribution >= 0.6 is 12.6 Å². The summed E-state index contributed by atoms with van der Waals surface area (Å²) in [6.45, 7) is 0.499. The van der Waals surface area contributed by atoms with Crippen molar-refractivity contribution in [1.29, 1.82) is 0 Å². The van der Waals surface area contributed by atoms with Crippen LogP contribution in [0.2, 0.25) is 0 Å². The molecule has 1 saturated heterocycles. The molecule has 44 nitrogen and oxygen atoms in total.